The van der Waals surface area contributed by atoms with Gasteiger partial charge in [0.1, 0.15) is 17.3 Å². The zero-order valence-corrected chi connectivity index (χ0v) is 16.3. The molecule has 9 heteroatoms. The van der Waals surface area contributed by atoms with Crippen molar-refractivity contribution < 1.29 is 13.5 Å². The summed E-state index contributed by atoms with van der Waals surface area (Å²) in [5.41, 5.74) is 2.25. The van der Waals surface area contributed by atoms with Gasteiger partial charge < -0.3 is 9.64 Å². The number of anilines is 1. The summed E-state index contributed by atoms with van der Waals surface area (Å²) < 4.78 is 32.4. The molecule has 2 fully saturated rings. The molecule has 1 aliphatic heterocycles. The lowest BCUT2D eigenvalue weighted by molar-refractivity contribution is 0.000121. The number of nitrogens with two attached hydrogens (primary N) is 1. The molecule has 0 radical (unpaired) electrons. The molecule has 2 aliphatic rings. The van der Waals surface area contributed by atoms with E-state index in [1.54, 1.807) is 17.6 Å². The second-order valence-corrected chi connectivity index (χ2v) is 8.18. The molecule has 0 atom stereocenters. The van der Waals surface area contributed by atoms with Gasteiger partial charge in [-0.25, -0.2) is 13.1 Å². The molecule has 2 heterocycles. The quantitative estimate of drug-likeness (QED) is 0.740. The van der Waals surface area contributed by atoms with E-state index in [0.717, 1.165) is 54.7 Å². The predicted molar refractivity (Wildman–Crippen MR) is 105 cm³/mol. The van der Waals surface area contributed by atoms with E-state index in [1.807, 2.05) is 18.2 Å². The van der Waals surface area contributed by atoms with E-state index in [9.17, 15) is 14.0 Å². The zero-order valence-electron chi connectivity index (χ0n) is 15.4. The molecule has 148 valence electrons. The standard InChI is InChI=1S/C19H21F2N5OS/c1-27-15-4-2-3-14-17(15)24-8-12(7-22)18(14)25-10-19(11-25)5-13(6-19)26(28-23)9-16(20)21/h2-4,8,13,16H,5-6,9-11,23H2,1H3. The van der Waals surface area contributed by atoms with Crippen LogP contribution in [0.3, 0.4) is 0 Å². The van der Waals surface area contributed by atoms with E-state index < -0.39 is 6.43 Å². The average Bonchev–Trinajstić information content (AvgIpc) is 2.63. The van der Waals surface area contributed by atoms with Crippen LogP contribution in [0.25, 0.3) is 10.9 Å². The lowest BCUT2D eigenvalue weighted by Gasteiger charge is -2.61. The van der Waals surface area contributed by atoms with Gasteiger partial charge in [-0.2, -0.15) is 5.26 Å². The number of para-hydroxylation sites is 1. The summed E-state index contributed by atoms with van der Waals surface area (Å²) in [7, 11) is 1.60. The van der Waals surface area contributed by atoms with Crippen LogP contribution in [-0.2, 0) is 0 Å². The number of nitriles is 1. The van der Waals surface area contributed by atoms with Crippen LogP contribution in [0.1, 0.15) is 18.4 Å². The Morgan fingerprint density at radius 1 is 1.46 bits per heavy atom. The van der Waals surface area contributed by atoms with E-state index in [2.05, 4.69) is 16.0 Å². The van der Waals surface area contributed by atoms with Gasteiger partial charge in [0.2, 0.25) is 0 Å². The maximum Gasteiger partial charge on any atom is 0.252 e. The molecule has 1 spiro atoms. The van der Waals surface area contributed by atoms with E-state index in [-0.39, 0.29) is 18.0 Å². The molecule has 2 N–H and O–H groups in total. The van der Waals surface area contributed by atoms with Gasteiger partial charge in [-0.1, -0.05) is 12.1 Å². The topological polar surface area (TPSA) is 78.4 Å². The highest BCUT2D eigenvalue weighted by Crippen LogP contribution is 2.53. The van der Waals surface area contributed by atoms with E-state index in [4.69, 9.17) is 9.88 Å². The number of hydrogen-bond donors (Lipinski definition) is 1. The van der Waals surface area contributed by atoms with Crippen LogP contribution in [0.2, 0.25) is 0 Å². The van der Waals surface area contributed by atoms with Gasteiger partial charge in [0.25, 0.3) is 6.43 Å². The second-order valence-electron chi connectivity index (χ2n) is 7.50. The van der Waals surface area contributed by atoms with Crippen molar-refractivity contribution in [2.75, 3.05) is 31.6 Å². The van der Waals surface area contributed by atoms with E-state index in [0.29, 0.717) is 11.3 Å². The Labute approximate surface area is 166 Å². The summed E-state index contributed by atoms with van der Waals surface area (Å²) in [6.07, 6.45) is 0.884. The molecular weight excluding hydrogens is 384 g/mol. The van der Waals surface area contributed by atoms with Gasteiger partial charge in [-0.15, -0.1) is 0 Å². The first-order chi connectivity index (χ1) is 13.5. The normalized spacial score (nSPS) is 18.4. The first-order valence-corrected chi connectivity index (χ1v) is 9.86. The number of ether oxygens (including phenoxy) is 1. The fourth-order valence-corrected chi connectivity index (χ4v) is 5.03. The van der Waals surface area contributed by atoms with Crippen molar-refractivity contribution in [2.45, 2.75) is 25.3 Å². The Balaban J connectivity index is 1.53. The van der Waals surface area contributed by atoms with Crippen molar-refractivity contribution in [3.05, 3.63) is 30.0 Å². The first kappa shape index (κ1) is 19.2. The van der Waals surface area contributed by atoms with Crippen molar-refractivity contribution in [1.82, 2.24) is 9.29 Å². The van der Waals surface area contributed by atoms with Gasteiger partial charge in [0.15, 0.2) is 0 Å². The zero-order chi connectivity index (χ0) is 19.9. The molecule has 2 aromatic rings. The summed E-state index contributed by atoms with van der Waals surface area (Å²) in [4.78, 5) is 6.59. The smallest absolute Gasteiger partial charge is 0.252 e. The first-order valence-electron chi connectivity index (χ1n) is 9.02. The van der Waals surface area contributed by atoms with Crippen LogP contribution in [-0.4, -0.2) is 48.5 Å². The van der Waals surface area contributed by atoms with Gasteiger partial charge in [0.05, 0.1) is 24.9 Å². The summed E-state index contributed by atoms with van der Waals surface area (Å²) in [5.74, 6) is 0.671. The number of pyridine rings is 1. The SMILES string of the molecule is COc1cccc2c(N3CC4(CC(N(CC(F)F)SN)C4)C3)c(C#N)cnc12. The van der Waals surface area contributed by atoms with Crippen LogP contribution < -0.4 is 14.8 Å². The molecule has 1 aromatic heterocycles. The highest BCUT2D eigenvalue weighted by atomic mass is 32.2. The molecule has 1 saturated heterocycles. The molecule has 1 aliphatic carbocycles. The van der Waals surface area contributed by atoms with E-state index >= 15 is 0 Å². The summed E-state index contributed by atoms with van der Waals surface area (Å²) in [5, 5.41) is 16.0. The fraction of sp³-hybridized carbons (Fsp3) is 0.474. The minimum absolute atomic E-state index is 0.0795. The van der Waals surface area contributed by atoms with Crippen LogP contribution in [0.4, 0.5) is 14.5 Å². The van der Waals surface area contributed by atoms with Crippen LogP contribution >= 0.6 is 12.1 Å². The Morgan fingerprint density at radius 2 is 2.21 bits per heavy atom. The maximum atomic E-state index is 12.7. The van der Waals surface area contributed by atoms with Gasteiger partial charge >= 0.3 is 0 Å². The lowest BCUT2D eigenvalue weighted by Crippen LogP contribution is -2.66. The molecule has 6 nitrogen and oxygen atoms in total. The van der Waals surface area contributed by atoms with Crippen molar-refractivity contribution in [1.29, 1.82) is 5.26 Å². The number of rotatable bonds is 6. The third-order valence-corrected chi connectivity index (χ3v) is 6.46. The molecule has 1 aromatic carbocycles. The fourth-order valence-electron chi connectivity index (χ4n) is 4.51. The van der Waals surface area contributed by atoms with Gasteiger partial charge in [0, 0.05) is 48.3 Å². The molecule has 0 bridgehead atoms. The number of aromatic nitrogens is 1. The summed E-state index contributed by atoms with van der Waals surface area (Å²) >= 11 is 0.901. The molecule has 28 heavy (non-hydrogen) atoms. The predicted octanol–water partition coefficient (Wildman–Crippen LogP) is 3.17. The third-order valence-electron chi connectivity index (χ3n) is 5.74. The van der Waals surface area contributed by atoms with Crippen LogP contribution in [0.15, 0.2) is 24.4 Å². The highest BCUT2D eigenvalue weighted by Gasteiger charge is 2.54. The number of halogens is 2. The lowest BCUT2D eigenvalue weighted by atomic mass is 9.60. The Morgan fingerprint density at radius 3 is 2.82 bits per heavy atom. The molecular formula is C19H21F2N5OS. The van der Waals surface area contributed by atoms with Crippen molar-refractivity contribution >= 4 is 28.7 Å². The Bertz CT molecular complexity index is 920. The Hall–Kier alpha value is -2.15. The largest absolute Gasteiger partial charge is 0.494 e. The number of fused-ring (bicyclic) bond motifs is 1. The molecule has 1 saturated carbocycles. The van der Waals surface area contributed by atoms with Crippen molar-refractivity contribution in [3.63, 3.8) is 0 Å². The molecule has 0 amide bonds. The highest BCUT2D eigenvalue weighted by molar-refractivity contribution is 7.94. The minimum Gasteiger partial charge on any atom is -0.494 e. The van der Waals surface area contributed by atoms with Crippen LogP contribution in [0, 0.1) is 16.7 Å². The molecule has 4 rings (SSSR count). The van der Waals surface area contributed by atoms with Crippen LogP contribution in [0.5, 0.6) is 5.75 Å². The number of alkyl halides is 2. The van der Waals surface area contributed by atoms with E-state index in [1.165, 1.54) is 0 Å². The number of nitrogens with zero attached hydrogens (tertiary/aromatic N) is 4. The summed E-state index contributed by atoms with van der Waals surface area (Å²) in [6, 6.07) is 8.01. The Kier molecular flexibility index (Phi) is 5.04. The third kappa shape index (κ3) is 3.15. The number of benzene rings is 1. The number of methoxy groups -OCH3 is 1. The molecule has 0 unspecified atom stereocenters. The minimum atomic E-state index is -2.39. The number of hydrogen-bond acceptors (Lipinski definition) is 7. The van der Waals surface area contributed by atoms with Gasteiger partial charge in [-0.3, -0.25) is 10.1 Å². The average molecular weight is 405 g/mol. The van der Waals surface area contributed by atoms with Gasteiger partial charge in [-0.05, 0) is 18.9 Å². The monoisotopic (exact) mass is 405 g/mol. The summed E-state index contributed by atoms with van der Waals surface area (Å²) in [6.45, 7) is 1.29. The van der Waals surface area contributed by atoms with Crippen molar-refractivity contribution in [2.24, 2.45) is 10.6 Å². The second kappa shape index (κ2) is 7.35. The maximum absolute atomic E-state index is 12.7. The van der Waals surface area contributed by atoms with Crippen molar-refractivity contribution in [3.8, 4) is 11.8 Å².